The topological polar surface area (TPSA) is 77.3 Å². The largest absolute Gasteiger partial charge is 0.390 e. The number of hydrogen-bond acceptors (Lipinski definition) is 5. The highest BCUT2D eigenvalue weighted by atomic mass is 16.3. The molecular weight excluding hydrogens is 304 g/mol. The van der Waals surface area contributed by atoms with Gasteiger partial charge in [0.2, 0.25) is 0 Å². The number of benzene rings is 1. The van der Waals surface area contributed by atoms with Gasteiger partial charge in [0.15, 0.2) is 0 Å². The van der Waals surface area contributed by atoms with Crippen LogP contribution in [-0.4, -0.2) is 53.2 Å². The van der Waals surface area contributed by atoms with E-state index < -0.39 is 6.10 Å². The number of aliphatic imine (C=N–C) groups is 2. The molecule has 0 fully saturated rings. The van der Waals surface area contributed by atoms with E-state index in [1.54, 1.807) is 0 Å². The average Bonchev–Trinajstić information content (AvgIpc) is 2.89. The van der Waals surface area contributed by atoms with Gasteiger partial charge in [-0.15, -0.1) is 0 Å². The van der Waals surface area contributed by atoms with Crippen LogP contribution in [0.5, 0.6) is 0 Å². The fourth-order valence-corrected chi connectivity index (χ4v) is 2.83. The summed E-state index contributed by atoms with van der Waals surface area (Å²) >= 11 is 0. The number of rotatable bonds is 5. The molecule has 3 rings (SSSR count). The highest BCUT2D eigenvalue weighted by molar-refractivity contribution is 6.43. The standard InChI is InChI=1S/C18H20N4O2/c23-16(11-21-18(24)17-5-7-19-8-9-20-17)13-22-10-6-14-3-1-2-4-15(14)12-22/h1-5,7,9,16,23H,6,10-13H2,(H,21,24)/t16-/m1/s1. The molecule has 2 aliphatic heterocycles. The monoisotopic (exact) mass is 324 g/mol. The maximum absolute atomic E-state index is 12.0. The number of aliphatic hydroxyl groups excluding tert-OH is 1. The number of carbonyl (C=O) groups excluding carboxylic acids is 1. The van der Waals surface area contributed by atoms with Gasteiger partial charge in [-0.2, -0.15) is 0 Å². The van der Waals surface area contributed by atoms with Crippen LogP contribution in [0, 0.1) is 0 Å². The Morgan fingerprint density at radius 2 is 2.21 bits per heavy atom. The first kappa shape index (κ1) is 16.3. The van der Waals surface area contributed by atoms with Crippen molar-refractivity contribution < 1.29 is 9.90 Å². The number of amides is 1. The van der Waals surface area contributed by atoms with Crippen LogP contribution in [-0.2, 0) is 17.8 Å². The van der Waals surface area contributed by atoms with Crippen molar-refractivity contribution in [1.82, 2.24) is 10.2 Å². The number of hydrogen-bond donors (Lipinski definition) is 2. The molecule has 0 spiro atoms. The summed E-state index contributed by atoms with van der Waals surface area (Å²) in [6, 6.07) is 8.38. The van der Waals surface area contributed by atoms with Gasteiger partial charge in [0.25, 0.3) is 5.91 Å². The summed E-state index contributed by atoms with van der Waals surface area (Å²) in [6.07, 6.45) is 4.68. The molecule has 24 heavy (non-hydrogen) atoms. The second-order valence-electron chi connectivity index (χ2n) is 5.84. The van der Waals surface area contributed by atoms with E-state index in [0.29, 0.717) is 6.54 Å². The summed E-state index contributed by atoms with van der Waals surface area (Å²) in [7, 11) is 0. The third kappa shape index (κ3) is 4.26. The summed E-state index contributed by atoms with van der Waals surface area (Å²) in [6.45, 7) is 2.46. The summed E-state index contributed by atoms with van der Waals surface area (Å²) < 4.78 is 0. The average molecular weight is 324 g/mol. The van der Waals surface area contributed by atoms with Crippen molar-refractivity contribution in [3.8, 4) is 0 Å². The maximum Gasteiger partial charge on any atom is 0.270 e. The Balaban J connectivity index is 1.46. The van der Waals surface area contributed by atoms with Crippen LogP contribution in [0.25, 0.3) is 0 Å². The molecule has 2 heterocycles. The second kappa shape index (κ2) is 7.84. The Labute approximate surface area is 140 Å². The molecular formula is C18H20N4O2. The minimum Gasteiger partial charge on any atom is -0.390 e. The first-order valence-electron chi connectivity index (χ1n) is 7.99. The molecule has 1 aromatic rings. The van der Waals surface area contributed by atoms with Gasteiger partial charge in [-0.05, 0) is 23.6 Å². The fraction of sp³-hybridized carbons (Fsp3) is 0.333. The Morgan fingerprint density at radius 3 is 3.08 bits per heavy atom. The van der Waals surface area contributed by atoms with Crippen molar-refractivity contribution in [2.45, 2.75) is 19.1 Å². The van der Waals surface area contributed by atoms with Gasteiger partial charge in [0.05, 0.1) is 12.3 Å². The number of carbonyl (C=O) groups is 1. The van der Waals surface area contributed by atoms with Crippen molar-refractivity contribution in [3.05, 3.63) is 53.9 Å². The first-order chi connectivity index (χ1) is 11.7. The van der Waals surface area contributed by atoms with E-state index in [1.165, 1.54) is 29.6 Å². The lowest BCUT2D eigenvalue weighted by Gasteiger charge is -2.30. The predicted molar refractivity (Wildman–Crippen MR) is 93.0 cm³/mol. The minimum atomic E-state index is -0.624. The van der Waals surface area contributed by atoms with E-state index >= 15 is 0 Å². The zero-order valence-corrected chi connectivity index (χ0v) is 13.4. The zero-order chi connectivity index (χ0) is 16.8. The molecule has 6 nitrogen and oxygen atoms in total. The molecule has 124 valence electrons. The van der Waals surface area contributed by atoms with Crippen molar-refractivity contribution in [3.63, 3.8) is 0 Å². The van der Waals surface area contributed by atoms with Gasteiger partial charge in [-0.3, -0.25) is 9.69 Å². The lowest BCUT2D eigenvalue weighted by atomic mass is 10.00. The molecule has 0 saturated heterocycles. The van der Waals surface area contributed by atoms with Gasteiger partial charge >= 0.3 is 0 Å². The number of aliphatic hydroxyl groups is 1. The Morgan fingerprint density at radius 1 is 1.38 bits per heavy atom. The van der Waals surface area contributed by atoms with E-state index in [-0.39, 0.29) is 18.2 Å². The molecule has 2 N–H and O–H groups in total. The summed E-state index contributed by atoms with van der Waals surface area (Å²) in [4.78, 5) is 21.9. The number of β-amino-alcohol motifs (C(OH)–C–C–N with tert-alkyl or cyclic N) is 1. The Bertz CT molecular complexity index is 732. The number of nitrogens with one attached hydrogen (secondary N) is 1. The number of fused-ring (bicyclic) bond motifs is 1. The van der Waals surface area contributed by atoms with Gasteiger partial charge in [-0.25, -0.2) is 9.98 Å². The van der Waals surface area contributed by atoms with E-state index in [2.05, 4.69) is 44.3 Å². The smallest absolute Gasteiger partial charge is 0.270 e. The van der Waals surface area contributed by atoms with Crippen LogP contribution >= 0.6 is 0 Å². The molecule has 0 aromatic heterocycles. The molecule has 0 aliphatic carbocycles. The lowest BCUT2D eigenvalue weighted by Crippen LogP contribution is -2.43. The lowest BCUT2D eigenvalue weighted by molar-refractivity contribution is -0.115. The molecule has 0 radical (unpaired) electrons. The van der Waals surface area contributed by atoms with Gasteiger partial charge in [-0.1, -0.05) is 24.3 Å². The summed E-state index contributed by atoms with van der Waals surface area (Å²) in [5.74, 6) is 2.22. The number of nitrogens with zero attached hydrogens (tertiary/aromatic N) is 3. The summed E-state index contributed by atoms with van der Waals surface area (Å²) in [5, 5.41) is 12.9. The van der Waals surface area contributed by atoms with E-state index in [1.807, 2.05) is 6.07 Å². The van der Waals surface area contributed by atoms with E-state index in [9.17, 15) is 9.90 Å². The van der Waals surface area contributed by atoms with Crippen LogP contribution in [0.2, 0.25) is 0 Å². The van der Waals surface area contributed by atoms with Crippen molar-refractivity contribution in [1.29, 1.82) is 0 Å². The Hall–Kier alpha value is -2.53. The molecule has 0 bridgehead atoms. The molecule has 0 unspecified atom stereocenters. The first-order valence-corrected chi connectivity index (χ1v) is 7.99. The molecule has 1 amide bonds. The third-order valence-corrected chi connectivity index (χ3v) is 4.05. The van der Waals surface area contributed by atoms with Crippen molar-refractivity contribution >= 4 is 17.5 Å². The van der Waals surface area contributed by atoms with Crippen LogP contribution in [0.3, 0.4) is 0 Å². The Kier molecular flexibility index (Phi) is 5.33. The highest BCUT2D eigenvalue weighted by Crippen LogP contribution is 2.18. The third-order valence-electron chi connectivity index (χ3n) is 4.05. The predicted octanol–water partition coefficient (Wildman–Crippen LogP) is 0.673. The van der Waals surface area contributed by atoms with Crippen molar-refractivity contribution in [2.75, 3.05) is 19.6 Å². The fourth-order valence-electron chi connectivity index (χ4n) is 2.83. The summed E-state index contributed by atoms with van der Waals surface area (Å²) in [5.41, 5.74) is 2.94. The van der Waals surface area contributed by atoms with Crippen molar-refractivity contribution in [2.24, 2.45) is 9.98 Å². The molecule has 6 heteroatoms. The van der Waals surface area contributed by atoms with Gasteiger partial charge in [0.1, 0.15) is 5.71 Å². The SMILES string of the molecule is O=C(NC[C@@H](O)CN1CCc2ccccc2C1)C1=NC=C=NC=C1. The zero-order valence-electron chi connectivity index (χ0n) is 13.4. The highest BCUT2D eigenvalue weighted by Gasteiger charge is 2.19. The van der Waals surface area contributed by atoms with E-state index in [0.717, 1.165) is 19.5 Å². The van der Waals surface area contributed by atoms with Gasteiger partial charge < -0.3 is 10.4 Å². The van der Waals surface area contributed by atoms with Crippen LogP contribution in [0.4, 0.5) is 0 Å². The molecule has 2 aliphatic rings. The molecule has 0 saturated carbocycles. The normalized spacial score (nSPS) is 17.8. The van der Waals surface area contributed by atoms with Crippen LogP contribution in [0.15, 0.2) is 52.7 Å². The quantitative estimate of drug-likeness (QED) is 0.836. The molecule has 1 atom stereocenters. The van der Waals surface area contributed by atoms with Crippen LogP contribution < -0.4 is 5.32 Å². The van der Waals surface area contributed by atoms with E-state index in [4.69, 9.17) is 0 Å². The maximum atomic E-state index is 12.0. The van der Waals surface area contributed by atoms with Crippen LogP contribution in [0.1, 0.15) is 11.1 Å². The minimum absolute atomic E-state index is 0.189. The second-order valence-corrected chi connectivity index (χ2v) is 5.84. The molecule has 1 aromatic carbocycles. The van der Waals surface area contributed by atoms with Gasteiger partial charge in [0, 0.05) is 38.2 Å².